The largest absolute Gasteiger partial charge is 0.486 e. The zero-order valence-electron chi connectivity index (χ0n) is 15.2. The molecule has 0 radical (unpaired) electrons. The fourth-order valence-corrected chi connectivity index (χ4v) is 3.25. The average Bonchev–Trinajstić information content (AvgIpc) is 2.68. The summed E-state index contributed by atoms with van der Waals surface area (Å²) in [6, 6.07) is 4.48. The van der Waals surface area contributed by atoms with E-state index in [-0.39, 0.29) is 18.2 Å². The van der Waals surface area contributed by atoms with Gasteiger partial charge in [0, 0.05) is 37.9 Å². The number of piperazine rings is 1. The molecule has 144 valence electrons. The van der Waals surface area contributed by atoms with Crippen LogP contribution in [0.2, 0.25) is 0 Å². The number of carbonyl (C=O) groups is 2. The molecule has 3 aliphatic rings. The van der Waals surface area contributed by atoms with Crippen molar-refractivity contribution in [2.24, 2.45) is 4.99 Å². The van der Waals surface area contributed by atoms with Gasteiger partial charge in [0.15, 0.2) is 11.5 Å². The normalized spacial score (nSPS) is 22.7. The molecule has 1 aromatic carbocycles. The van der Waals surface area contributed by atoms with Crippen LogP contribution in [-0.4, -0.2) is 80.1 Å². The van der Waals surface area contributed by atoms with E-state index >= 15 is 0 Å². The van der Waals surface area contributed by atoms with Crippen molar-refractivity contribution in [3.8, 4) is 11.5 Å². The number of carbonyl (C=O) groups excluding carboxylic acids is 2. The van der Waals surface area contributed by atoms with Gasteiger partial charge >= 0.3 is 0 Å². The molecule has 1 saturated heterocycles. The van der Waals surface area contributed by atoms with Crippen LogP contribution in [-0.2, 0) is 9.59 Å². The Hall–Kier alpha value is -2.81. The van der Waals surface area contributed by atoms with Gasteiger partial charge in [-0.1, -0.05) is 0 Å². The second-order valence-electron chi connectivity index (χ2n) is 6.86. The van der Waals surface area contributed by atoms with E-state index in [1.54, 1.807) is 18.2 Å². The van der Waals surface area contributed by atoms with Crippen molar-refractivity contribution in [2.45, 2.75) is 12.5 Å². The first-order valence-corrected chi connectivity index (χ1v) is 9.10. The molecule has 4 rings (SSSR count). The van der Waals surface area contributed by atoms with Crippen molar-refractivity contribution in [2.75, 3.05) is 51.8 Å². The Balaban J connectivity index is 1.45. The van der Waals surface area contributed by atoms with Crippen molar-refractivity contribution < 1.29 is 19.1 Å². The molecule has 2 amide bonds. The number of hydrogen-bond acceptors (Lipinski definition) is 7. The maximum absolute atomic E-state index is 12.7. The van der Waals surface area contributed by atoms with Crippen LogP contribution in [0.25, 0.3) is 0 Å². The van der Waals surface area contributed by atoms with Crippen molar-refractivity contribution in [3.63, 3.8) is 0 Å². The van der Waals surface area contributed by atoms with E-state index in [0.717, 1.165) is 26.2 Å². The Kier molecular flexibility index (Phi) is 4.85. The Bertz CT molecular complexity index is 773. The molecule has 0 spiro atoms. The summed E-state index contributed by atoms with van der Waals surface area (Å²) in [6.07, 6.45) is 0.0353. The van der Waals surface area contributed by atoms with Crippen molar-refractivity contribution >= 4 is 23.5 Å². The van der Waals surface area contributed by atoms with E-state index in [0.29, 0.717) is 36.4 Å². The van der Waals surface area contributed by atoms with E-state index < -0.39 is 6.04 Å². The monoisotopic (exact) mass is 373 g/mol. The average molecular weight is 373 g/mol. The number of fused-ring (bicyclic) bond motifs is 1. The van der Waals surface area contributed by atoms with E-state index in [4.69, 9.17) is 9.47 Å². The van der Waals surface area contributed by atoms with Gasteiger partial charge in [-0.3, -0.25) is 14.9 Å². The lowest BCUT2D eigenvalue weighted by atomic mass is 10.1. The molecule has 2 N–H and O–H groups in total. The fourth-order valence-electron chi connectivity index (χ4n) is 3.25. The van der Waals surface area contributed by atoms with Crippen molar-refractivity contribution in [3.05, 3.63) is 18.2 Å². The zero-order valence-corrected chi connectivity index (χ0v) is 15.2. The van der Waals surface area contributed by atoms with E-state index in [2.05, 4.69) is 27.6 Å². The Morgan fingerprint density at radius 1 is 1.19 bits per heavy atom. The fraction of sp³-hybridized carbons (Fsp3) is 0.500. The molecule has 1 fully saturated rings. The number of ether oxygens (including phenoxy) is 2. The highest BCUT2D eigenvalue weighted by Crippen LogP contribution is 2.32. The van der Waals surface area contributed by atoms with E-state index in [9.17, 15) is 9.59 Å². The van der Waals surface area contributed by atoms with Crippen LogP contribution in [0.5, 0.6) is 11.5 Å². The SMILES string of the molecule is CN1CCN(C2=N[C@@H](C(=O)Nc3ccc4c(c3)OCCO4)CC(=O)N2)CC1. The first kappa shape index (κ1) is 17.6. The highest BCUT2D eigenvalue weighted by molar-refractivity contribution is 6.06. The van der Waals surface area contributed by atoms with Crippen LogP contribution < -0.4 is 20.1 Å². The van der Waals surface area contributed by atoms with Crippen LogP contribution >= 0.6 is 0 Å². The molecular weight excluding hydrogens is 350 g/mol. The van der Waals surface area contributed by atoms with Crippen LogP contribution in [0, 0.1) is 0 Å². The molecule has 0 bridgehead atoms. The summed E-state index contributed by atoms with van der Waals surface area (Å²) >= 11 is 0. The zero-order chi connectivity index (χ0) is 18.8. The van der Waals surface area contributed by atoms with Crippen LogP contribution in [0.3, 0.4) is 0 Å². The van der Waals surface area contributed by atoms with Crippen molar-refractivity contribution in [1.29, 1.82) is 0 Å². The molecule has 1 atom stereocenters. The molecule has 27 heavy (non-hydrogen) atoms. The molecule has 3 aliphatic heterocycles. The minimum Gasteiger partial charge on any atom is -0.486 e. The summed E-state index contributed by atoms with van der Waals surface area (Å²) in [4.78, 5) is 33.5. The number of likely N-dealkylation sites (N-methyl/N-ethyl adjacent to an activating group) is 1. The Morgan fingerprint density at radius 3 is 2.70 bits per heavy atom. The Labute approximate surface area is 157 Å². The molecule has 1 aromatic rings. The molecule has 0 unspecified atom stereocenters. The number of aliphatic imine (C=N–C) groups is 1. The van der Waals surface area contributed by atoms with E-state index in [1.807, 2.05) is 4.90 Å². The highest BCUT2D eigenvalue weighted by atomic mass is 16.6. The van der Waals surface area contributed by atoms with Gasteiger partial charge in [-0.25, -0.2) is 4.99 Å². The second-order valence-corrected chi connectivity index (χ2v) is 6.86. The summed E-state index contributed by atoms with van der Waals surface area (Å²) in [7, 11) is 2.06. The summed E-state index contributed by atoms with van der Waals surface area (Å²) < 4.78 is 11.0. The van der Waals surface area contributed by atoms with Crippen LogP contribution in [0.1, 0.15) is 6.42 Å². The first-order valence-electron chi connectivity index (χ1n) is 9.10. The molecule has 0 saturated carbocycles. The summed E-state index contributed by atoms with van der Waals surface area (Å²) in [5.41, 5.74) is 0.589. The predicted molar refractivity (Wildman–Crippen MR) is 99.1 cm³/mol. The van der Waals surface area contributed by atoms with E-state index in [1.165, 1.54) is 0 Å². The number of hydrogen-bond donors (Lipinski definition) is 2. The predicted octanol–water partition coefficient (Wildman–Crippen LogP) is -0.112. The third-order valence-corrected chi connectivity index (χ3v) is 4.82. The molecule has 0 aromatic heterocycles. The van der Waals surface area contributed by atoms with Crippen LogP contribution in [0.15, 0.2) is 23.2 Å². The van der Waals surface area contributed by atoms with Gasteiger partial charge < -0.3 is 24.6 Å². The van der Waals surface area contributed by atoms with Gasteiger partial charge in [-0.15, -0.1) is 0 Å². The number of anilines is 1. The number of benzene rings is 1. The lowest BCUT2D eigenvalue weighted by molar-refractivity contribution is -0.125. The third kappa shape index (κ3) is 3.97. The second kappa shape index (κ2) is 7.43. The first-order chi connectivity index (χ1) is 13.1. The minimum atomic E-state index is -0.749. The third-order valence-electron chi connectivity index (χ3n) is 4.82. The summed E-state index contributed by atoms with van der Waals surface area (Å²) in [6.45, 7) is 4.32. The maximum Gasteiger partial charge on any atom is 0.249 e. The van der Waals surface area contributed by atoms with Gasteiger partial charge in [-0.05, 0) is 19.2 Å². The summed E-state index contributed by atoms with van der Waals surface area (Å²) in [5, 5.41) is 5.62. The maximum atomic E-state index is 12.7. The number of nitrogens with one attached hydrogen (secondary N) is 2. The Morgan fingerprint density at radius 2 is 1.93 bits per heavy atom. The van der Waals surface area contributed by atoms with Crippen molar-refractivity contribution in [1.82, 2.24) is 15.1 Å². The van der Waals surface area contributed by atoms with Gasteiger partial charge in [0.1, 0.15) is 19.3 Å². The topological polar surface area (TPSA) is 95.5 Å². The quantitative estimate of drug-likeness (QED) is 0.751. The lowest BCUT2D eigenvalue weighted by Crippen LogP contribution is -2.55. The highest BCUT2D eigenvalue weighted by Gasteiger charge is 2.30. The molecule has 9 heteroatoms. The molecular formula is C18H23N5O4. The number of amides is 2. The smallest absolute Gasteiger partial charge is 0.249 e. The minimum absolute atomic E-state index is 0.0353. The number of guanidine groups is 1. The van der Waals surface area contributed by atoms with Gasteiger partial charge in [0.05, 0.1) is 6.42 Å². The summed E-state index contributed by atoms with van der Waals surface area (Å²) in [5.74, 6) is 1.24. The number of nitrogens with zero attached hydrogens (tertiary/aromatic N) is 3. The van der Waals surface area contributed by atoms with Gasteiger partial charge in [0.25, 0.3) is 0 Å². The molecule has 9 nitrogen and oxygen atoms in total. The van der Waals surface area contributed by atoms with Gasteiger partial charge in [0.2, 0.25) is 17.8 Å². The van der Waals surface area contributed by atoms with Crippen LogP contribution in [0.4, 0.5) is 5.69 Å². The molecule has 0 aliphatic carbocycles. The van der Waals surface area contributed by atoms with Gasteiger partial charge in [-0.2, -0.15) is 0 Å². The lowest BCUT2D eigenvalue weighted by Gasteiger charge is -2.36. The standard InChI is InChI=1S/C18H23N5O4/c1-22-4-6-23(7-5-22)18-20-13(11-16(24)21-18)17(25)19-12-2-3-14-15(10-12)27-9-8-26-14/h2-3,10,13H,4-9,11H2,1H3,(H,19,25)(H,20,21,24)/t13-/m1/s1. The molecule has 3 heterocycles. The number of rotatable bonds is 2.